The van der Waals surface area contributed by atoms with Gasteiger partial charge in [0, 0.05) is 34.8 Å². The first-order chi connectivity index (χ1) is 15.4. The molecule has 0 atom stereocenters. The average Bonchev–Trinajstić information content (AvgIpc) is 3.15. The molecule has 2 aromatic carbocycles. The second-order valence-electron chi connectivity index (χ2n) is 7.65. The zero-order chi connectivity index (χ0) is 22.7. The maximum atomic E-state index is 12.4. The van der Waals surface area contributed by atoms with E-state index in [-0.39, 0.29) is 18.1 Å². The van der Waals surface area contributed by atoms with Crippen LogP contribution < -0.4 is 15.6 Å². The Morgan fingerprint density at radius 1 is 1.19 bits per heavy atom. The van der Waals surface area contributed by atoms with Crippen molar-refractivity contribution in [2.75, 3.05) is 5.32 Å². The SMILES string of the molecule is CC(C)Cc1nn2c(=O)cc(COc3cccc(NC(=O)c4cccc(Cl)c4)c3)nc2s1. The molecule has 0 aliphatic carbocycles. The third-order valence-corrected chi connectivity index (χ3v) is 5.65. The van der Waals surface area contributed by atoms with Crippen LogP contribution in [0.2, 0.25) is 5.02 Å². The number of nitrogens with one attached hydrogen (secondary N) is 1. The first kappa shape index (κ1) is 22.0. The van der Waals surface area contributed by atoms with Gasteiger partial charge in [-0.1, -0.05) is 48.9 Å². The van der Waals surface area contributed by atoms with Gasteiger partial charge in [0.15, 0.2) is 0 Å². The molecular weight excluding hydrogens is 448 g/mol. The van der Waals surface area contributed by atoms with Crippen molar-refractivity contribution in [1.82, 2.24) is 14.6 Å². The number of halogens is 1. The third kappa shape index (κ3) is 5.33. The lowest BCUT2D eigenvalue weighted by atomic mass is 10.1. The average molecular weight is 469 g/mol. The van der Waals surface area contributed by atoms with Crippen LogP contribution in [0.25, 0.3) is 4.96 Å². The minimum atomic E-state index is -0.271. The topological polar surface area (TPSA) is 85.6 Å². The van der Waals surface area contributed by atoms with Crippen LogP contribution in [0.3, 0.4) is 0 Å². The molecule has 1 N–H and O–H groups in total. The molecule has 0 saturated heterocycles. The standard InChI is InChI=1S/C23H21ClN4O3S/c1-14(2)9-20-27-28-21(29)12-18(26-23(28)32-20)13-31-19-8-4-7-17(11-19)25-22(30)15-5-3-6-16(24)10-15/h3-8,10-12,14H,9,13H2,1-2H3,(H,25,30). The number of carbonyl (C=O) groups is 1. The summed E-state index contributed by atoms with van der Waals surface area (Å²) >= 11 is 7.37. The van der Waals surface area contributed by atoms with Crippen LogP contribution in [0.4, 0.5) is 5.69 Å². The second-order valence-corrected chi connectivity index (χ2v) is 9.13. The Labute approximate surface area is 193 Å². The van der Waals surface area contributed by atoms with Gasteiger partial charge in [-0.15, -0.1) is 0 Å². The first-order valence-electron chi connectivity index (χ1n) is 10.1. The smallest absolute Gasteiger partial charge is 0.275 e. The summed E-state index contributed by atoms with van der Waals surface area (Å²) in [4.78, 5) is 29.9. The minimum absolute atomic E-state index is 0.120. The fourth-order valence-electron chi connectivity index (χ4n) is 3.06. The highest BCUT2D eigenvalue weighted by atomic mass is 35.5. The van der Waals surface area contributed by atoms with Gasteiger partial charge >= 0.3 is 0 Å². The predicted octanol–water partition coefficient (Wildman–Crippen LogP) is 4.83. The molecule has 32 heavy (non-hydrogen) atoms. The lowest BCUT2D eigenvalue weighted by molar-refractivity contribution is 0.102. The van der Waals surface area contributed by atoms with Crippen LogP contribution in [-0.4, -0.2) is 20.5 Å². The Bertz CT molecular complexity index is 1330. The van der Waals surface area contributed by atoms with E-state index in [0.717, 1.165) is 11.4 Å². The van der Waals surface area contributed by atoms with E-state index in [1.54, 1.807) is 48.5 Å². The van der Waals surface area contributed by atoms with Crippen LogP contribution in [0.15, 0.2) is 59.4 Å². The third-order valence-electron chi connectivity index (χ3n) is 4.49. The molecule has 9 heteroatoms. The maximum absolute atomic E-state index is 12.4. The molecule has 2 aromatic heterocycles. The Hall–Kier alpha value is -3.23. The van der Waals surface area contributed by atoms with Crippen LogP contribution in [0.5, 0.6) is 5.75 Å². The fraction of sp³-hybridized carbons (Fsp3) is 0.217. The number of carbonyl (C=O) groups excluding carboxylic acids is 1. The molecule has 2 heterocycles. The van der Waals surface area contributed by atoms with Crippen molar-refractivity contribution in [2.24, 2.45) is 5.92 Å². The van der Waals surface area contributed by atoms with Gasteiger partial charge in [0.05, 0.1) is 5.69 Å². The summed E-state index contributed by atoms with van der Waals surface area (Å²) in [5.41, 5.74) is 1.32. The van der Waals surface area contributed by atoms with Gasteiger partial charge in [0.2, 0.25) is 4.96 Å². The number of rotatable bonds is 7. The zero-order valence-electron chi connectivity index (χ0n) is 17.5. The van der Waals surface area contributed by atoms with Gasteiger partial charge in [-0.25, -0.2) is 4.98 Å². The molecule has 1 amide bonds. The molecule has 0 bridgehead atoms. The number of aromatic nitrogens is 3. The molecule has 4 aromatic rings. The Kier molecular flexibility index (Phi) is 6.53. The van der Waals surface area contributed by atoms with Crippen LogP contribution >= 0.6 is 22.9 Å². The highest BCUT2D eigenvalue weighted by Gasteiger charge is 2.11. The molecule has 0 unspecified atom stereocenters. The molecule has 7 nitrogen and oxygen atoms in total. The van der Waals surface area contributed by atoms with E-state index in [1.165, 1.54) is 21.9 Å². The van der Waals surface area contributed by atoms with Crippen molar-refractivity contribution in [1.29, 1.82) is 0 Å². The van der Waals surface area contributed by atoms with E-state index in [1.807, 2.05) is 0 Å². The molecule has 0 saturated carbocycles. The van der Waals surface area contributed by atoms with Gasteiger partial charge in [-0.2, -0.15) is 9.61 Å². The van der Waals surface area contributed by atoms with E-state index >= 15 is 0 Å². The fourth-order valence-corrected chi connectivity index (χ4v) is 4.38. The van der Waals surface area contributed by atoms with Crippen molar-refractivity contribution in [3.8, 4) is 5.75 Å². The van der Waals surface area contributed by atoms with Crippen molar-refractivity contribution in [2.45, 2.75) is 26.9 Å². The number of hydrogen-bond donors (Lipinski definition) is 1. The van der Waals surface area contributed by atoms with Crippen molar-refractivity contribution in [3.63, 3.8) is 0 Å². The summed E-state index contributed by atoms with van der Waals surface area (Å²) in [5.74, 6) is 0.716. The summed E-state index contributed by atoms with van der Waals surface area (Å²) < 4.78 is 7.15. The van der Waals surface area contributed by atoms with Crippen molar-refractivity contribution in [3.05, 3.63) is 86.2 Å². The van der Waals surface area contributed by atoms with Gasteiger partial charge in [-0.05, 0) is 36.2 Å². The summed E-state index contributed by atoms with van der Waals surface area (Å²) in [6.07, 6.45) is 0.799. The Morgan fingerprint density at radius 2 is 2.00 bits per heavy atom. The van der Waals surface area contributed by atoms with Crippen molar-refractivity contribution < 1.29 is 9.53 Å². The molecule has 164 valence electrons. The lowest BCUT2D eigenvalue weighted by Crippen LogP contribution is -2.16. The highest BCUT2D eigenvalue weighted by molar-refractivity contribution is 7.16. The molecule has 0 aliphatic rings. The Balaban J connectivity index is 1.45. The molecular formula is C23H21ClN4O3S. The van der Waals surface area contributed by atoms with Gasteiger partial charge in [0.1, 0.15) is 17.4 Å². The number of ether oxygens (including phenoxy) is 1. The number of anilines is 1. The molecule has 0 aliphatic heterocycles. The van der Waals surface area contributed by atoms with E-state index in [2.05, 4.69) is 29.2 Å². The summed E-state index contributed by atoms with van der Waals surface area (Å²) in [6.45, 7) is 4.33. The molecule has 0 spiro atoms. The number of hydrogen-bond acceptors (Lipinski definition) is 6. The Morgan fingerprint density at radius 3 is 2.78 bits per heavy atom. The summed E-state index contributed by atoms with van der Waals surface area (Å²) in [6, 6.07) is 15.2. The largest absolute Gasteiger partial charge is 0.487 e. The van der Waals surface area contributed by atoms with Gasteiger partial charge in [-0.3, -0.25) is 9.59 Å². The van der Waals surface area contributed by atoms with E-state index in [0.29, 0.717) is 38.6 Å². The number of fused-ring (bicyclic) bond motifs is 1. The number of nitrogens with zero attached hydrogens (tertiary/aromatic N) is 3. The minimum Gasteiger partial charge on any atom is -0.487 e. The quantitative estimate of drug-likeness (QED) is 0.419. The van der Waals surface area contributed by atoms with Crippen molar-refractivity contribution >= 4 is 39.5 Å². The van der Waals surface area contributed by atoms with Crippen LogP contribution in [-0.2, 0) is 13.0 Å². The van der Waals surface area contributed by atoms with Crippen LogP contribution in [0, 0.1) is 5.92 Å². The monoisotopic (exact) mass is 468 g/mol. The maximum Gasteiger partial charge on any atom is 0.275 e. The normalized spacial score (nSPS) is 11.1. The van der Waals surface area contributed by atoms with Crippen LogP contribution in [0.1, 0.15) is 34.9 Å². The lowest BCUT2D eigenvalue weighted by Gasteiger charge is -2.09. The summed E-state index contributed by atoms with van der Waals surface area (Å²) in [7, 11) is 0. The van der Waals surface area contributed by atoms with E-state index < -0.39 is 0 Å². The highest BCUT2D eigenvalue weighted by Crippen LogP contribution is 2.20. The number of amides is 1. The second kappa shape index (κ2) is 9.50. The first-order valence-corrected chi connectivity index (χ1v) is 11.3. The van der Waals surface area contributed by atoms with Gasteiger partial charge < -0.3 is 10.1 Å². The summed E-state index contributed by atoms with van der Waals surface area (Å²) in [5, 5.41) is 8.55. The predicted molar refractivity (Wildman–Crippen MR) is 126 cm³/mol. The molecule has 4 rings (SSSR count). The van der Waals surface area contributed by atoms with E-state index in [9.17, 15) is 9.59 Å². The van der Waals surface area contributed by atoms with Gasteiger partial charge in [0.25, 0.3) is 11.5 Å². The number of benzene rings is 2. The zero-order valence-corrected chi connectivity index (χ0v) is 19.1. The molecule has 0 radical (unpaired) electrons. The van der Waals surface area contributed by atoms with E-state index in [4.69, 9.17) is 16.3 Å². The molecule has 0 fully saturated rings.